The molecule has 1 aliphatic carbocycles. The molecular weight excluding hydrogens is 638 g/mol. The lowest BCUT2D eigenvalue weighted by Crippen LogP contribution is -2.52. The van der Waals surface area contributed by atoms with Gasteiger partial charge in [0.15, 0.2) is 0 Å². The lowest BCUT2D eigenvalue weighted by atomic mass is 10.0. The Hall–Kier alpha value is -2.88. The lowest BCUT2D eigenvalue weighted by Gasteiger charge is -2.33. The van der Waals surface area contributed by atoms with E-state index < -0.39 is 16.1 Å². The van der Waals surface area contributed by atoms with Crippen LogP contribution in [-0.4, -0.2) is 50.0 Å². The van der Waals surface area contributed by atoms with E-state index in [0.29, 0.717) is 17.1 Å². The second kappa shape index (κ2) is 15.0. The maximum Gasteiger partial charge on any atom is 0.243 e. The first-order chi connectivity index (χ1) is 20.1. The molecule has 0 saturated heterocycles. The van der Waals surface area contributed by atoms with Crippen LogP contribution in [0.15, 0.2) is 83.3 Å². The number of halogens is 2. The Kier molecular flexibility index (Phi) is 11.5. The molecule has 0 heterocycles. The quantitative estimate of drug-likeness (QED) is 0.229. The Labute approximate surface area is 262 Å². The van der Waals surface area contributed by atoms with Gasteiger partial charge in [0.1, 0.15) is 6.04 Å². The lowest BCUT2D eigenvalue weighted by molar-refractivity contribution is -0.141. The molecule has 10 heteroatoms. The van der Waals surface area contributed by atoms with E-state index in [2.05, 4.69) is 21.2 Å². The molecule has 0 radical (unpaired) electrons. The van der Waals surface area contributed by atoms with E-state index in [1.807, 2.05) is 54.6 Å². The van der Waals surface area contributed by atoms with Crippen molar-refractivity contribution in [3.63, 3.8) is 0 Å². The van der Waals surface area contributed by atoms with Crippen molar-refractivity contribution in [3.8, 4) is 0 Å². The summed E-state index contributed by atoms with van der Waals surface area (Å²) in [4.78, 5) is 29.4. The van der Waals surface area contributed by atoms with Crippen LogP contribution in [-0.2, 0) is 32.6 Å². The number of benzene rings is 3. The summed E-state index contributed by atoms with van der Waals surface area (Å²) in [6, 6.07) is 23.4. The summed E-state index contributed by atoms with van der Waals surface area (Å²) < 4.78 is 27.4. The van der Waals surface area contributed by atoms with Crippen molar-refractivity contribution in [2.75, 3.05) is 17.1 Å². The third kappa shape index (κ3) is 9.31. The van der Waals surface area contributed by atoms with E-state index in [1.165, 1.54) is 4.31 Å². The van der Waals surface area contributed by atoms with Crippen LogP contribution in [0.3, 0.4) is 0 Å². The molecule has 42 heavy (non-hydrogen) atoms. The predicted octanol–water partition coefficient (Wildman–Crippen LogP) is 6.35. The predicted molar refractivity (Wildman–Crippen MR) is 172 cm³/mol. The molecule has 2 amide bonds. The van der Waals surface area contributed by atoms with E-state index >= 15 is 0 Å². The minimum Gasteiger partial charge on any atom is -0.352 e. The summed E-state index contributed by atoms with van der Waals surface area (Å²) in [6.07, 6.45) is 5.91. The van der Waals surface area contributed by atoms with Gasteiger partial charge in [-0.05, 0) is 60.7 Å². The van der Waals surface area contributed by atoms with Crippen molar-refractivity contribution in [1.29, 1.82) is 0 Å². The Morgan fingerprint density at radius 1 is 0.976 bits per heavy atom. The summed E-state index contributed by atoms with van der Waals surface area (Å²) in [7, 11) is -3.61. The van der Waals surface area contributed by atoms with Crippen LogP contribution >= 0.6 is 27.5 Å². The molecular formula is C32H37BrClN3O4S. The number of carbonyl (C=O) groups is 2. The van der Waals surface area contributed by atoms with E-state index in [9.17, 15) is 18.0 Å². The first-order valence-corrected chi connectivity index (χ1v) is 17.2. The van der Waals surface area contributed by atoms with Gasteiger partial charge in [-0.25, -0.2) is 8.42 Å². The van der Waals surface area contributed by atoms with E-state index in [4.69, 9.17) is 11.6 Å². The van der Waals surface area contributed by atoms with Crippen molar-refractivity contribution in [2.45, 2.75) is 63.6 Å². The SMILES string of the molecule is CS(=O)(=O)N(CCCC(=O)N(Cc1ccc(Br)cc1)C(Cc1ccccc1)C(=O)NC1CCCC1)c1cccc(Cl)c1. The molecule has 3 aromatic carbocycles. The zero-order valence-corrected chi connectivity index (χ0v) is 26.9. The summed E-state index contributed by atoms with van der Waals surface area (Å²) in [6.45, 7) is 0.362. The van der Waals surface area contributed by atoms with Gasteiger partial charge in [-0.3, -0.25) is 13.9 Å². The third-order valence-corrected chi connectivity index (χ3v) is 9.45. The van der Waals surface area contributed by atoms with Crippen LogP contribution in [0.1, 0.15) is 49.7 Å². The van der Waals surface area contributed by atoms with Crippen LogP contribution in [0.5, 0.6) is 0 Å². The Bertz CT molecular complexity index is 1450. The number of nitrogens with zero attached hydrogens (tertiary/aromatic N) is 2. The normalized spacial score (nSPS) is 14.4. The monoisotopic (exact) mass is 673 g/mol. The summed E-state index contributed by atoms with van der Waals surface area (Å²) in [5, 5.41) is 3.64. The van der Waals surface area contributed by atoms with Gasteiger partial charge in [-0.15, -0.1) is 0 Å². The van der Waals surface area contributed by atoms with Gasteiger partial charge in [0.05, 0.1) is 11.9 Å². The highest BCUT2D eigenvalue weighted by molar-refractivity contribution is 9.10. The first-order valence-electron chi connectivity index (χ1n) is 14.2. The molecule has 0 aromatic heterocycles. The largest absolute Gasteiger partial charge is 0.352 e. The van der Waals surface area contributed by atoms with Crippen molar-refractivity contribution < 1.29 is 18.0 Å². The molecule has 1 saturated carbocycles. The van der Waals surface area contributed by atoms with Gasteiger partial charge in [-0.2, -0.15) is 0 Å². The highest BCUT2D eigenvalue weighted by Gasteiger charge is 2.32. The van der Waals surface area contributed by atoms with Crippen LogP contribution in [0.4, 0.5) is 5.69 Å². The van der Waals surface area contributed by atoms with Crippen molar-refractivity contribution in [1.82, 2.24) is 10.2 Å². The molecule has 0 spiro atoms. The van der Waals surface area contributed by atoms with Gasteiger partial charge < -0.3 is 10.2 Å². The van der Waals surface area contributed by atoms with Gasteiger partial charge in [0.2, 0.25) is 21.8 Å². The Balaban J connectivity index is 1.58. The maximum absolute atomic E-state index is 14.0. The minimum atomic E-state index is -3.61. The first kappa shape index (κ1) is 32.0. The number of anilines is 1. The fourth-order valence-electron chi connectivity index (χ4n) is 5.34. The van der Waals surface area contributed by atoms with Crippen LogP contribution in [0.25, 0.3) is 0 Å². The molecule has 0 aliphatic heterocycles. The fraction of sp³-hybridized carbons (Fsp3) is 0.375. The average molecular weight is 675 g/mol. The van der Waals surface area contributed by atoms with Gasteiger partial charge in [0.25, 0.3) is 0 Å². The molecule has 0 bridgehead atoms. The molecule has 224 valence electrons. The van der Waals surface area contributed by atoms with E-state index in [0.717, 1.165) is 47.5 Å². The standard InChI is InChI=1S/C32H37BrClN3O4S/c1-42(40,41)37(29-14-7-11-27(34)22-29)20-8-15-31(38)36(23-25-16-18-26(33)19-17-25)30(21-24-9-3-2-4-10-24)32(39)35-28-12-5-6-13-28/h2-4,7,9-11,14,16-19,22,28,30H,5-6,8,12-13,15,20-21,23H2,1H3,(H,35,39). The minimum absolute atomic E-state index is 0.0745. The van der Waals surface area contributed by atoms with Crippen LogP contribution in [0.2, 0.25) is 5.02 Å². The van der Waals surface area contributed by atoms with Crippen molar-refractivity contribution >= 4 is 55.1 Å². The van der Waals surface area contributed by atoms with Crippen LogP contribution in [0, 0.1) is 0 Å². The topological polar surface area (TPSA) is 86.8 Å². The van der Waals surface area contributed by atoms with E-state index in [-0.39, 0.29) is 43.8 Å². The average Bonchev–Trinajstić information content (AvgIpc) is 3.47. The number of sulfonamides is 1. The highest BCUT2D eigenvalue weighted by atomic mass is 79.9. The van der Waals surface area contributed by atoms with E-state index in [1.54, 1.807) is 29.2 Å². The molecule has 1 aliphatic rings. The number of amides is 2. The molecule has 1 N–H and O–H groups in total. The van der Waals surface area contributed by atoms with Gasteiger partial charge in [0, 0.05) is 41.5 Å². The maximum atomic E-state index is 14.0. The number of carbonyl (C=O) groups excluding carboxylic acids is 2. The number of rotatable bonds is 13. The van der Waals surface area contributed by atoms with Gasteiger partial charge in [-0.1, -0.05) is 88.9 Å². The number of hydrogen-bond donors (Lipinski definition) is 1. The Morgan fingerprint density at radius 3 is 2.31 bits per heavy atom. The molecule has 1 unspecified atom stereocenters. The zero-order valence-electron chi connectivity index (χ0n) is 23.7. The second-order valence-corrected chi connectivity index (χ2v) is 14.0. The summed E-state index contributed by atoms with van der Waals surface area (Å²) in [5.74, 6) is -0.368. The number of nitrogens with one attached hydrogen (secondary N) is 1. The smallest absolute Gasteiger partial charge is 0.243 e. The molecule has 4 rings (SSSR count). The molecule has 7 nitrogen and oxygen atoms in total. The molecule has 3 aromatic rings. The zero-order chi connectivity index (χ0) is 30.1. The number of hydrogen-bond acceptors (Lipinski definition) is 4. The van der Waals surface area contributed by atoms with Gasteiger partial charge >= 0.3 is 0 Å². The van der Waals surface area contributed by atoms with Crippen molar-refractivity contribution in [2.24, 2.45) is 0 Å². The van der Waals surface area contributed by atoms with Crippen LogP contribution < -0.4 is 9.62 Å². The third-order valence-electron chi connectivity index (χ3n) is 7.49. The summed E-state index contributed by atoms with van der Waals surface area (Å²) >= 11 is 9.59. The molecule has 1 atom stereocenters. The fourth-order valence-corrected chi connectivity index (χ4v) is 6.75. The molecule has 1 fully saturated rings. The van der Waals surface area contributed by atoms with Crippen molar-refractivity contribution in [3.05, 3.63) is 99.5 Å². The Morgan fingerprint density at radius 2 is 1.67 bits per heavy atom. The second-order valence-electron chi connectivity index (χ2n) is 10.8. The highest BCUT2D eigenvalue weighted by Crippen LogP contribution is 2.24. The summed E-state index contributed by atoms with van der Waals surface area (Å²) in [5.41, 5.74) is 2.30.